The smallest absolute Gasteiger partial charge is 0.191 e. The van der Waals surface area contributed by atoms with Crippen molar-refractivity contribution in [3.8, 4) is 11.4 Å². The van der Waals surface area contributed by atoms with E-state index in [-0.39, 0.29) is 5.78 Å². The summed E-state index contributed by atoms with van der Waals surface area (Å²) in [6, 6.07) is 9.52. The zero-order valence-electron chi connectivity index (χ0n) is 16.5. The second-order valence-electron chi connectivity index (χ2n) is 6.76. The average Bonchev–Trinajstić information content (AvgIpc) is 3.44. The van der Waals surface area contributed by atoms with Crippen LogP contribution in [0, 0.1) is 13.8 Å². The van der Waals surface area contributed by atoms with Crippen LogP contribution >= 0.6 is 11.8 Å². The minimum Gasteiger partial charge on any atom is -0.467 e. The SMILES string of the molecule is Cc1cc(C(=O)CSc2nnc(-c3ccncc3)n2C)c(C)n1Cc1ccco1. The van der Waals surface area contributed by atoms with Crippen LogP contribution in [0.3, 0.4) is 0 Å². The van der Waals surface area contributed by atoms with Crippen molar-refractivity contribution in [3.05, 3.63) is 71.7 Å². The van der Waals surface area contributed by atoms with E-state index in [1.54, 1.807) is 18.7 Å². The van der Waals surface area contributed by atoms with Gasteiger partial charge in [0.1, 0.15) is 5.76 Å². The molecule has 0 spiro atoms. The van der Waals surface area contributed by atoms with Crippen molar-refractivity contribution in [2.24, 2.45) is 7.05 Å². The maximum absolute atomic E-state index is 12.9. The Kier molecular flexibility index (Phi) is 5.35. The monoisotopic (exact) mass is 407 g/mol. The molecule has 0 unspecified atom stereocenters. The summed E-state index contributed by atoms with van der Waals surface area (Å²) in [5.41, 5.74) is 3.65. The maximum Gasteiger partial charge on any atom is 0.191 e. The highest BCUT2D eigenvalue weighted by atomic mass is 32.2. The van der Waals surface area contributed by atoms with Crippen LogP contribution in [-0.2, 0) is 13.6 Å². The van der Waals surface area contributed by atoms with Crippen molar-refractivity contribution in [2.75, 3.05) is 5.75 Å². The van der Waals surface area contributed by atoms with Gasteiger partial charge >= 0.3 is 0 Å². The highest BCUT2D eigenvalue weighted by molar-refractivity contribution is 7.99. The van der Waals surface area contributed by atoms with Gasteiger partial charge in [-0.05, 0) is 44.2 Å². The van der Waals surface area contributed by atoms with Gasteiger partial charge in [-0.1, -0.05) is 11.8 Å². The van der Waals surface area contributed by atoms with Gasteiger partial charge < -0.3 is 13.6 Å². The molecule has 0 saturated carbocycles. The molecule has 7 nitrogen and oxygen atoms in total. The molecule has 4 rings (SSSR count). The molecule has 0 saturated heterocycles. The molecule has 0 bridgehead atoms. The second-order valence-corrected chi connectivity index (χ2v) is 7.71. The lowest BCUT2D eigenvalue weighted by Crippen LogP contribution is -2.08. The largest absolute Gasteiger partial charge is 0.467 e. The predicted molar refractivity (Wildman–Crippen MR) is 111 cm³/mol. The number of Topliss-reactive ketones (excluding diaryl/α,β-unsaturated/α-hetero) is 1. The molecule has 4 aromatic rings. The summed E-state index contributed by atoms with van der Waals surface area (Å²) < 4.78 is 9.44. The van der Waals surface area contributed by atoms with Crippen molar-refractivity contribution in [3.63, 3.8) is 0 Å². The third kappa shape index (κ3) is 3.88. The van der Waals surface area contributed by atoms with Crippen molar-refractivity contribution >= 4 is 17.5 Å². The molecule has 0 aliphatic carbocycles. The summed E-state index contributed by atoms with van der Waals surface area (Å²) in [5, 5.41) is 9.19. The van der Waals surface area contributed by atoms with Gasteiger partial charge in [0, 0.05) is 42.0 Å². The van der Waals surface area contributed by atoms with Crippen molar-refractivity contribution in [1.82, 2.24) is 24.3 Å². The Balaban J connectivity index is 1.48. The number of rotatable bonds is 7. The second kappa shape index (κ2) is 8.08. The minimum absolute atomic E-state index is 0.0715. The van der Waals surface area contributed by atoms with Crippen LogP contribution in [0.2, 0.25) is 0 Å². The topological polar surface area (TPSA) is 78.7 Å². The molecule has 0 aliphatic rings. The number of carbonyl (C=O) groups is 1. The van der Waals surface area contributed by atoms with Crippen molar-refractivity contribution in [2.45, 2.75) is 25.5 Å². The Labute approximate surface area is 172 Å². The van der Waals surface area contributed by atoms with E-state index in [2.05, 4.69) is 19.7 Å². The van der Waals surface area contributed by atoms with Gasteiger partial charge in [-0.15, -0.1) is 10.2 Å². The lowest BCUT2D eigenvalue weighted by atomic mass is 10.2. The predicted octanol–water partition coefficient (Wildman–Crippen LogP) is 3.91. The standard InChI is InChI=1S/C21H21N5O2S/c1-14-11-18(15(2)26(14)12-17-5-4-10-28-17)19(27)13-29-21-24-23-20(25(21)3)16-6-8-22-9-7-16/h4-11H,12-13H2,1-3H3. The quantitative estimate of drug-likeness (QED) is 0.341. The first-order chi connectivity index (χ1) is 14.0. The van der Waals surface area contributed by atoms with E-state index in [9.17, 15) is 4.79 Å². The molecular weight excluding hydrogens is 386 g/mol. The number of aryl methyl sites for hydroxylation is 1. The van der Waals surface area contributed by atoms with Crippen LogP contribution in [0.4, 0.5) is 0 Å². The van der Waals surface area contributed by atoms with E-state index in [1.165, 1.54) is 11.8 Å². The summed E-state index contributed by atoms with van der Waals surface area (Å²) in [6.07, 6.45) is 5.10. The van der Waals surface area contributed by atoms with Gasteiger partial charge in [0.25, 0.3) is 0 Å². The van der Waals surface area contributed by atoms with Crippen LogP contribution in [0.15, 0.2) is 58.6 Å². The number of furan rings is 1. The highest BCUT2D eigenvalue weighted by Gasteiger charge is 2.18. The Morgan fingerprint density at radius 3 is 2.69 bits per heavy atom. The number of hydrogen-bond acceptors (Lipinski definition) is 6. The van der Waals surface area contributed by atoms with Gasteiger partial charge in [0.2, 0.25) is 0 Å². The fourth-order valence-electron chi connectivity index (χ4n) is 3.29. The van der Waals surface area contributed by atoms with Crippen molar-refractivity contribution in [1.29, 1.82) is 0 Å². The van der Waals surface area contributed by atoms with E-state index in [1.807, 2.05) is 55.8 Å². The fraction of sp³-hybridized carbons (Fsp3) is 0.238. The first kappa shape index (κ1) is 19.2. The molecule has 0 radical (unpaired) electrons. The van der Waals surface area contributed by atoms with E-state index in [0.29, 0.717) is 17.5 Å². The van der Waals surface area contributed by atoms with Crippen molar-refractivity contribution < 1.29 is 9.21 Å². The summed E-state index contributed by atoms with van der Waals surface area (Å²) in [7, 11) is 1.90. The van der Waals surface area contributed by atoms with Gasteiger partial charge in [0.05, 0.1) is 18.6 Å². The Hall–Kier alpha value is -3.13. The zero-order chi connectivity index (χ0) is 20.4. The highest BCUT2D eigenvalue weighted by Crippen LogP contribution is 2.24. The molecule has 8 heteroatoms. The molecule has 4 aromatic heterocycles. The summed E-state index contributed by atoms with van der Waals surface area (Å²) in [5.74, 6) is 1.98. The lowest BCUT2D eigenvalue weighted by molar-refractivity contribution is 0.102. The number of aromatic nitrogens is 5. The minimum atomic E-state index is 0.0715. The third-order valence-corrected chi connectivity index (χ3v) is 5.89. The van der Waals surface area contributed by atoms with E-state index in [0.717, 1.165) is 34.1 Å². The number of hydrogen-bond donors (Lipinski definition) is 0. The number of ketones is 1. The van der Waals surface area contributed by atoms with Gasteiger partial charge in [0.15, 0.2) is 16.8 Å². The molecular formula is C21H21N5O2S. The molecule has 0 N–H and O–H groups in total. The lowest BCUT2D eigenvalue weighted by Gasteiger charge is -2.08. The fourth-order valence-corrected chi connectivity index (χ4v) is 4.08. The van der Waals surface area contributed by atoms with E-state index < -0.39 is 0 Å². The Morgan fingerprint density at radius 1 is 1.17 bits per heavy atom. The average molecular weight is 407 g/mol. The molecule has 0 amide bonds. The van der Waals surface area contributed by atoms with Crippen LogP contribution in [-0.4, -0.2) is 35.9 Å². The first-order valence-electron chi connectivity index (χ1n) is 9.19. The first-order valence-corrected chi connectivity index (χ1v) is 10.2. The van der Waals surface area contributed by atoms with Crippen LogP contribution < -0.4 is 0 Å². The number of carbonyl (C=O) groups excluding carboxylic acids is 1. The normalized spacial score (nSPS) is 11.1. The molecule has 0 aromatic carbocycles. The molecule has 148 valence electrons. The summed E-state index contributed by atoms with van der Waals surface area (Å²) in [6.45, 7) is 4.59. The molecule has 0 aliphatic heterocycles. The maximum atomic E-state index is 12.9. The van der Waals surface area contributed by atoms with Gasteiger partial charge in [-0.2, -0.15) is 0 Å². The zero-order valence-corrected chi connectivity index (χ0v) is 17.3. The number of pyridine rings is 1. The number of thioether (sulfide) groups is 1. The Bertz CT molecular complexity index is 1130. The number of nitrogens with zero attached hydrogens (tertiary/aromatic N) is 5. The Morgan fingerprint density at radius 2 is 1.97 bits per heavy atom. The van der Waals surface area contributed by atoms with Crippen LogP contribution in [0.1, 0.15) is 27.5 Å². The summed E-state index contributed by atoms with van der Waals surface area (Å²) in [4.78, 5) is 16.9. The van der Waals surface area contributed by atoms with Gasteiger partial charge in [-0.25, -0.2) is 0 Å². The third-order valence-electron chi connectivity index (χ3n) is 4.87. The van der Waals surface area contributed by atoms with E-state index in [4.69, 9.17) is 4.42 Å². The molecule has 0 fully saturated rings. The van der Waals surface area contributed by atoms with E-state index >= 15 is 0 Å². The molecule has 0 atom stereocenters. The van der Waals surface area contributed by atoms with Crippen LogP contribution in [0.5, 0.6) is 0 Å². The molecule has 29 heavy (non-hydrogen) atoms. The van der Waals surface area contributed by atoms with Gasteiger partial charge in [-0.3, -0.25) is 9.78 Å². The van der Waals surface area contributed by atoms with Crippen LogP contribution in [0.25, 0.3) is 11.4 Å². The summed E-state index contributed by atoms with van der Waals surface area (Å²) >= 11 is 1.39. The molecule has 4 heterocycles.